The van der Waals surface area contributed by atoms with Gasteiger partial charge in [0.1, 0.15) is 12.1 Å². The molecule has 1 aromatic carbocycles. The van der Waals surface area contributed by atoms with Gasteiger partial charge in [-0.1, -0.05) is 18.7 Å². The first-order chi connectivity index (χ1) is 9.12. The van der Waals surface area contributed by atoms with E-state index in [-0.39, 0.29) is 0 Å². The molecule has 0 aliphatic carbocycles. The molecule has 19 heavy (non-hydrogen) atoms. The second-order valence-corrected chi connectivity index (χ2v) is 5.98. The summed E-state index contributed by atoms with van der Waals surface area (Å²) in [5.74, 6) is 0. The summed E-state index contributed by atoms with van der Waals surface area (Å²) in [6.07, 6.45) is 1.08. The topological polar surface area (TPSA) is 72.0 Å². The first-order valence-corrected chi connectivity index (χ1v) is 6.96. The Bertz CT molecular complexity index is 594. The van der Waals surface area contributed by atoms with Crippen LogP contribution in [0.3, 0.4) is 0 Å². The lowest BCUT2D eigenvalue weighted by molar-refractivity contribution is 0.661. The molecule has 2 rings (SSSR count). The van der Waals surface area contributed by atoms with E-state index in [2.05, 4.69) is 24.2 Å². The highest BCUT2D eigenvalue weighted by Gasteiger charge is 2.18. The molecule has 1 aromatic rings. The van der Waals surface area contributed by atoms with Crippen LogP contribution in [0, 0.1) is 22.7 Å². The van der Waals surface area contributed by atoms with E-state index < -0.39 is 0 Å². The van der Waals surface area contributed by atoms with Gasteiger partial charge in [0.05, 0.1) is 17.2 Å². The number of thioether (sulfide) groups is 1. The summed E-state index contributed by atoms with van der Waals surface area (Å²) >= 11 is 1.70. The third kappa shape index (κ3) is 3.27. The minimum Gasteiger partial charge on any atom is -0.335 e. The van der Waals surface area contributed by atoms with Gasteiger partial charge < -0.3 is 5.32 Å². The highest BCUT2D eigenvalue weighted by Crippen LogP contribution is 2.26. The third-order valence-corrected chi connectivity index (χ3v) is 3.86. The normalized spacial score (nSPS) is 22.0. The number of benzene rings is 1. The Morgan fingerprint density at radius 3 is 2.63 bits per heavy atom. The van der Waals surface area contributed by atoms with Crippen LogP contribution < -0.4 is 5.32 Å². The maximum Gasteiger partial charge on any atom is 0.161 e. The molecule has 2 unspecified atom stereocenters. The van der Waals surface area contributed by atoms with Crippen LogP contribution in [-0.2, 0) is 0 Å². The molecule has 0 saturated carbocycles. The number of nitriles is 2. The molecule has 0 fully saturated rings. The third-order valence-electron chi connectivity index (χ3n) is 2.84. The lowest BCUT2D eigenvalue weighted by atomic mass is 10.1. The maximum atomic E-state index is 9.00. The van der Waals surface area contributed by atoms with Crippen LogP contribution in [0.4, 0.5) is 5.69 Å². The molecule has 0 amide bonds. The Morgan fingerprint density at radius 2 is 2.00 bits per heavy atom. The van der Waals surface area contributed by atoms with Crippen molar-refractivity contribution in [2.75, 3.05) is 5.32 Å². The zero-order valence-corrected chi connectivity index (χ0v) is 11.7. The van der Waals surface area contributed by atoms with Gasteiger partial charge in [-0.2, -0.15) is 10.5 Å². The standard InChI is InChI=1S/C14H14N4S/c1-9-5-10(2)19-14(17-9)18-13-4-3-11(7-15)12(6-13)8-16/h3-4,6,9-10H,5H2,1-2H3,(H,17,18). The van der Waals surface area contributed by atoms with Gasteiger partial charge in [0.25, 0.3) is 0 Å². The summed E-state index contributed by atoms with van der Waals surface area (Å²) in [4.78, 5) is 4.55. The number of rotatable bonds is 1. The Morgan fingerprint density at radius 1 is 1.26 bits per heavy atom. The molecule has 4 nitrogen and oxygen atoms in total. The van der Waals surface area contributed by atoms with Crippen LogP contribution in [0.25, 0.3) is 0 Å². The van der Waals surface area contributed by atoms with Crippen LogP contribution in [0.15, 0.2) is 23.2 Å². The van der Waals surface area contributed by atoms with E-state index in [9.17, 15) is 0 Å². The minimum absolute atomic E-state index is 0.313. The minimum atomic E-state index is 0.313. The smallest absolute Gasteiger partial charge is 0.161 e. The van der Waals surface area contributed by atoms with Gasteiger partial charge >= 0.3 is 0 Å². The predicted octanol–water partition coefficient (Wildman–Crippen LogP) is 3.11. The van der Waals surface area contributed by atoms with Gasteiger partial charge in [-0.3, -0.25) is 4.99 Å². The molecule has 0 spiro atoms. The molecular formula is C14H14N4S. The lowest BCUT2D eigenvalue weighted by Gasteiger charge is -2.23. The quantitative estimate of drug-likeness (QED) is 0.851. The zero-order valence-electron chi connectivity index (χ0n) is 10.8. The Balaban J connectivity index is 2.21. The van der Waals surface area contributed by atoms with E-state index >= 15 is 0 Å². The highest BCUT2D eigenvalue weighted by atomic mass is 32.2. The summed E-state index contributed by atoms with van der Waals surface area (Å²) in [5, 5.41) is 22.5. The summed E-state index contributed by atoms with van der Waals surface area (Å²) in [6.45, 7) is 4.27. The van der Waals surface area contributed by atoms with Gasteiger partial charge in [0.2, 0.25) is 0 Å². The monoisotopic (exact) mass is 270 g/mol. The van der Waals surface area contributed by atoms with E-state index in [1.165, 1.54) is 0 Å². The van der Waals surface area contributed by atoms with E-state index in [1.54, 1.807) is 30.0 Å². The first kappa shape index (κ1) is 13.5. The average Bonchev–Trinajstić information content (AvgIpc) is 2.37. The van der Waals surface area contributed by atoms with Crippen molar-refractivity contribution in [2.45, 2.75) is 31.6 Å². The number of hydrogen-bond acceptors (Lipinski definition) is 5. The largest absolute Gasteiger partial charge is 0.335 e. The van der Waals surface area contributed by atoms with Crippen molar-refractivity contribution in [3.63, 3.8) is 0 Å². The summed E-state index contributed by atoms with van der Waals surface area (Å²) < 4.78 is 0. The van der Waals surface area contributed by atoms with E-state index in [0.717, 1.165) is 17.3 Å². The van der Waals surface area contributed by atoms with Crippen LogP contribution >= 0.6 is 11.8 Å². The molecule has 1 aliphatic rings. The van der Waals surface area contributed by atoms with Crippen molar-refractivity contribution in [1.82, 2.24) is 0 Å². The second kappa shape index (κ2) is 5.77. The maximum absolute atomic E-state index is 9.00. The molecule has 0 saturated heterocycles. The summed E-state index contributed by atoms with van der Waals surface area (Å²) in [5.41, 5.74) is 1.58. The lowest BCUT2D eigenvalue weighted by Crippen LogP contribution is -2.22. The fourth-order valence-corrected chi connectivity index (χ4v) is 3.17. The number of nitrogens with zero attached hydrogens (tertiary/aromatic N) is 3. The van der Waals surface area contributed by atoms with Crippen LogP contribution in [-0.4, -0.2) is 16.5 Å². The van der Waals surface area contributed by atoms with Gasteiger partial charge in [0.15, 0.2) is 5.17 Å². The molecule has 0 aromatic heterocycles. The van der Waals surface area contributed by atoms with Gasteiger partial charge in [-0.15, -0.1) is 0 Å². The van der Waals surface area contributed by atoms with Crippen LogP contribution in [0.5, 0.6) is 0 Å². The molecule has 0 radical (unpaired) electrons. The Hall–Kier alpha value is -1.98. The zero-order chi connectivity index (χ0) is 13.8. The SMILES string of the molecule is CC1CC(C)SC(Nc2ccc(C#N)c(C#N)c2)=N1. The van der Waals surface area contributed by atoms with Gasteiger partial charge in [-0.25, -0.2) is 0 Å². The number of amidine groups is 1. The van der Waals surface area contributed by atoms with Crippen molar-refractivity contribution in [3.8, 4) is 12.1 Å². The van der Waals surface area contributed by atoms with E-state index in [0.29, 0.717) is 22.4 Å². The average molecular weight is 270 g/mol. The molecular weight excluding hydrogens is 256 g/mol. The summed E-state index contributed by atoms with van der Waals surface area (Å²) in [6, 6.07) is 9.49. The number of nitrogens with one attached hydrogen (secondary N) is 1. The van der Waals surface area contributed by atoms with E-state index in [1.807, 2.05) is 12.1 Å². The van der Waals surface area contributed by atoms with Crippen molar-refractivity contribution >= 4 is 22.6 Å². The second-order valence-electron chi connectivity index (χ2n) is 4.56. The molecule has 2 atom stereocenters. The number of hydrogen-bond donors (Lipinski definition) is 1. The van der Waals surface area contributed by atoms with E-state index in [4.69, 9.17) is 10.5 Å². The van der Waals surface area contributed by atoms with Gasteiger partial charge in [0, 0.05) is 10.9 Å². The molecule has 0 bridgehead atoms. The fraction of sp³-hybridized carbons (Fsp3) is 0.357. The molecule has 1 aliphatic heterocycles. The van der Waals surface area contributed by atoms with Crippen molar-refractivity contribution in [3.05, 3.63) is 29.3 Å². The summed E-state index contributed by atoms with van der Waals surface area (Å²) in [7, 11) is 0. The number of aliphatic imine (C=N–C) groups is 1. The highest BCUT2D eigenvalue weighted by molar-refractivity contribution is 8.14. The number of anilines is 1. The van der Waals surface area contributed by atoms with Gasteiger partial charge in [-0.05, 0) is 31.5 Å². The van der Waals surface area contributed by atoms with Crippen LogP contribution in [0.2, 0.25) is 0 Å². The predicted molar refractivity (Wildman–Crippen MR) is 78.1 cm³/mol. The van der Waals surface area contributed by atoms with Crippen LogP contribution in [0.1, 0.15) is 31.4 Å². The Labute approximate surface area is 117 Å². The van der Waals surface area contributed by atoms with Crippen molar-refractivity contribution < 1.29 is 0 Å². The molecule has 1 N–H and O–H groups in total. The van der Waals surface area contributed by atoms with Crippen molar-refractivity contribution in [2.24, 2.45) is 4.99 Å². The molecule has 96 valence electrons. The first-order valence-electron chi connectivity index (χ1n) is 6.08. The molecule has 5 heteroatoms. The Kier molecular flexibility index (Phi) is 4.09. The van der Waals surface area contributed by atoms with Crippen molar-refractivity contribution in [1.29, 1.82) is 10.5 Å². The fourth-order valence-electron chi connectivity index (χ4n) is 2.00. The molecule has 1 heterocycles.